The van der Waals surface area contributed by atoms with Crippen molar-refractivity contribution < 1.29 is 24.2 Å². The summed E-state index contributed by atoms with van der Waals surface area (Å²) in [5.74, 6) is -0.226. The number of rotatable bonds is 13. The molecular weight excluding hydrogens is 528 g/mol. The molecular formula is C30H38N4O5S. The van der Waals surface area contributed by atoms with Gasteiger partial charge in [-0.2, -0.15) is 0 Å². The van der Waals surface area contributed by atoms with Crippen LogP contribution in [0.1, 0.15) is 56.0 Å². The molecule has 2 N–H and O–H groups in total. The lowest BCUT2D eigenvalue weighted by molar-refractivity contribution is -0.135. The van der Waals surface area contributed by atoms with Gasteiger partial charge in [0.15, 0.2) is 0 Å². The number of hydrogen-bond acceptors (Lipinski definition) is 6. The molecule has 3 aromatic rings. The first-order chi connectivity index (χ1) is 19.1. The molecule has 3 rings (SSSR count). The van der Waals surface area contributed by atoms with Crippen molar-refractivity contribution in [1.29, 1.82) is 0 Å². The highest BCUT2D eigenvalue weighted by atomic mass is 32.1. The smallest absolute Gasteiger partial charge is 0.408 e. The van der Waals surface area contributed by atoms with Gasteiger partial charge in [-0.05, 0) is 74.7 Å². The van der Waals surface area contributed by atoms with E-state index in [-0.39, 0.29) is 12.5 Å². The standard InChI is InChI=1S/C30H38N4O5S/c1-30(2,3)39-28(36)32-26(13-7-8-18-33(29(37)38)20-23-10-5-4-6-11-23)27(35)34(22-25-12-9-19-40-25)21-24-14-16-31-17-15-24/h4-6,9-12,14-17,19,26H,7-8,13,18,20-22H2,1-3H3,(H,32,36)(H,37,38)/t26-/m0/s1. The second-order valence-corrected chi connectivity index (χ2v) is 11.5. The van der Waals surface area contributed by atoms with Crippen molar-refractivity contribution in [1.82, 2.24) is 20.1 Å². The molecule has 3 amide bonds. The van der Waals surface area contributed by atoms with Crippen LogP contribution in [0.4, 0.5) is 9.59 Å². The Morgan fingerprint density at radius 3 is 2.23 bits per heavy atom. The summed E-state index contributed by atoms with van der Waals surface area (Å²) in [6.45, 7) is 6.66. The quantitative estimate of drug-likeness (QED) is 0.249. The monoisotopic (exact) mass is 566 g/mol. The van der Waals surface area contributed by atoms with Gasteiger partial charge >= 0.3 is 12.2 Å². The van der Waals surface area contributed by atoms with Gasteiger partial charge in [0.05, 0.1) is 6.54 Å². The Hall–Kier alpha value is -3.92. The van der Waals surface area contributed by atoms with Crippen LogP contribution in [0.3, 0.4) is 0 Å². The normalized spacial score (nSPS) is 11.9. The van der Waals surface area contributed by atoms with Crippen LogP contribution in [0.25, 0.3) is 0 Å². The van der Waals surface area contributed by atoms with Crippen LogP contribution in [0.15, 0.2) is 72.4 Å². The van der Waals surface area contributed by atoms with Crippen LogP contribution in [-0.4, -0.2) is 56.2 Å². The van der Waals surface area contributed by atoms with E-state index in [0.717, 1.165) is 16.0 Å². The number of thiophene rings is 1. The average Bonchev–Trinajstić information content (AvgIpc) is 3.42. The molecule has 214 valence electrons. The molecule has 10 heteroatoms. The summed E-state index contributed by atoms with van der Waals surface area (Å²) < 4.78 is 5.45. The Morgan fingerprint density at radius 1 is 0.925 bits per heavy atom. The summed E-state index contributed by atoms with van der Waals surface area (Å²) in [5, 5.41) is 14.4. The van der Waals surface area contributed by atoms with E-state index < -0.39 is 23.8 Å². The van der Waals surface area contributed by atoms with Gasteiger partial charge in [0.25, 0.3) is 0 Å². The highest BCUT2D eigenvalue weighted by Crippen LogP contribution is 2.18. The van der Waals surface area contributed by atoms with E-state index in [1.54, 1.807) is 49.4 Å². The Kier molecular flexibility index (Phi) is 11.5. The second kappa shape index (κ2) is 15.0. The number of pyridine rings is 1. The lowest BCUT2D eigenvalue weighted by Gasteiger charge is -2.29. The van der Waals surface area contributed by atoms with Crippen LogP contribution in [0, 0.1) is 0 Å². The Labute approximate surface area is 239 Å². The number of alkyl carbamates (subject to hydrolysis) is 1. The molecule has 1 atom stereocenters. The maximum Gasteiger partial charge on any atom is 0.408 e. The minimum absolute atomic E-state index is 0.226. The van der Waals surface area contributed by atoms with Crippen molar-refractivity contribution in [3.8, 4) is 0 Å². The molecule has 1 aromatic carbocycles. The van der Waals surface area contributed by atoms with E-state index >= 15 is 0 Å². The maximum absolute atomic E-state index is 13.9. The summed E-state index contributed by atoms with van der Waals surface area (Å²) in [5.41, 5.74) is 1.11. The molecule has 0 aliphatic carbocycles. The first-order valence-corrected chi connectivity index (χ1v) is 14.2. The Balaban J connectivity index is 1.70. The van der Waals surface area contributed by atoms with Crippen molar-refractivity contribution in [2.45, 2.75) is 71.3 Å². The van der Waals surface area contributed by atoms with Gasteiger partial charge in [-0.1, -0.05) is 36.4 Å². The molecule has 0 unspecified atom stereocenters. The number of nitrogens with zero attached hydrogens (tertiary/aromatic N) is 3. The molecule has 0 saturated heterocycles. The molecule has 9 nitrogen and oxygen atoms in total. The third-order valence-corrected chi connectivity index (χ3v) is 6.87. The van der Waals surface area contributed by atoms with Crippen molar-refractivity contribution in [3.63, 3.8) is 0 Å². The predicted octanol–water partition coefficient (Wildman–Crippen LogP) is 5.92. The van der Waals surface area contributed by atoms with E-state index in [1.165, 1.54) is 4.90 Å². The number of carbonyl (C=O) groups excluding carboxylic acids is 2. The third-order valence-electron chi connectivity index (χ3n) is 6.01. The number of unbranched alkanes of at least 4 members (excludes halogenated alkanes) is 1. The van der Waals surface area contributed by atoms with Gasteiger partial charge in [-0.15, -0.1) is 11.3 Å². The topological polar surface area (TPSA) is 112 Å². The summed E-state index contributed by atoms with van der Waals surface area (Å²) in [7, 11) is 0. The average molecular weight is 567 g/mol. The highest BCUT2D eigenvalue weighted by Gasteiger charge is 2.28. The lowest BCUT2D eigenvalue weighted by atomic mass is 10.1. The number of ether oxygens (including phenoxy) is 1. The SMILES string of the molecule is CC(C)(C)OC(=O)N[C@@H](CCCCN(Cc1ccccc1)C(=O)O)C(=O)N(Cc1ccncc1)Cc1cccs1. The highest BCUT2D eigenvalue weighted by molar-refractivity contribution is 7.09. The van der Waals surface area contributed by atoms with Gasteiger partial charge in [0.1, 0.15) is 11.6 Å². The number of amides is 3. The van der Waals surface area contributed by atoms with Gasteiger partial charge in [0.2, 0.25) is 5.91 Å². The van der Waals surface area contributed by atoms with Crippen LogP contribution >= 0.6 is 11.3 Å². The molecule has 0 radical (unpaired) electrons. The number of carbonyl (C=O) groups is 3. The fourth-order valence-electron chi connectivity index (χ4n) is 4.14. The first-order valence-electron chi connectivity index (χ1n) is 13.3. The summed E-state index contributed by atoms with van der Waals surface area (Å²) >= 11 is 1.56. The number of carboxylic acid groups (broad SMARTS) is 1. The second-order valence-electron chi connectivity index (χ2n) is 10.5. The number of benzene rings is 1. The zero-order valence-electron chi connectivity index (χ0n) is 23.3. The van der Waals surface area contributed by atoms with Crippen LogP contribution in [0.5, 0.6) is 0 Å². The van der Waals surface area contributed by atoms with Crippen molar-refractivity contribution in [3.05, 3.63) is 88.4 Å². The molecule has 0 aliphatic heterocycles. The zero-order valence-corrected chi connectivity index (χ0v) is 24.1. The van der Waals surface area contributed by atoms with Crippen molar-refractivity contribution in [2.75, 3.05) is 6.54 Å². The molecule has 40 heavy (non-hydrogen) atoms. The minimum Gasteiger partial charge on any atom is -0.465 e. The van der Waals surface area contributed by atoms with Gasteiger partial charge in [-0.25, -0.2) is 9.59 Å². The van der Waals surface area contributed by atoms with Crippen LogP contribution in [-0.2, 0) is 29.2 Å². The molecule has 0 fully saturated rings. The molecule has 2 heterocycles. The Morgan fingerprint density at radius 2 is 1.60 bits per heavy atom. The van der Waals surface area contributed by atoms with E-state index in [4.69, 9.17) is 4.74 Å². The zero-order chi connectivity index (χ0) is 29.0. The van der Waals surface area contributed by atoms with Gasteiger partial charge < -0.3 is 25.0 Å². The summed E-state index contributed by atoms with van der Waals surface area (Å²) in [6.07, 6.45) is 3.12. The molecule has 0 spiro atoms. The number of hydrogen-bond donors (Lipinski definition) is 2. The largest absolute Gasteiger partial charge is 0.465 e. The predicted molar refractivity (Wildman–Crippen MR) is 155 cm³/mol. The van der Waals surface area contributed by atoms with E-state index in [9.17, 15) is 19.5 Å². The van der Waals surface area contributed by atoms with Gasteiger partial charge in [-0.3, -0.25) is 9.78 Å². The number of aromatic nitrogens is 1. The molecule has 0 saturated carbocycles. The van der Waals surface area contributed by atoms with Crippen LogP contribution < -0.4 is 5.32 Å². The van der Waals surface area contributed by atoms with Crippen molar-refractivity contribution in [2.24, 2.45) is 0 Å². The number of nitrogens with one attached hydrogen (secondary N) is 1. The fourth-order valence-corrected chi connectivity index (χ4v) is 4.86. The summed E-state index contributed by atoms with van der Waals surface area (Å²) in [4.78, 5) is 46.6. The van der Waals surface area contributed by atoms with Gasteiger partial charge in [0, 0.05) is 36.9 Å². The fraction of sp³-hybridized carbons (Fsp3) is 0.400. The van der Waals surface area contributed by atoms with Crippen molar-refractivity contribution >= 4 is 29.4 Å². The molecule has 0 bridgehead atoms. The van der Waals surface area contributed by atoms with E-state index in [0.29, 0.717) is 38.9 Å². The Bertz CT molecular complexity index is 1200. The van der Waals surface area contributed by atoms with Crippen LogP contribution in [0.2, 0.25) is 0 Å². The molecule has 2 aromatic heterocycles. The third kappa shape index (κ3) is 10.7. The summed E-state index contributed by atoms with van der Waals surface area (Å²) in [6, 6.07) is 16.2. The first kappa shape index (κ1) is 30.6. The van der Waals surface area contributed by atoms with E-state index in [1.807, 2.05) is 60.0 Å². The lowest BCUT2D eigenvalue weighted by Crippen LogP contribution is -2.49. The minimum atomic E-state index is -0.997. The van der Waals surface area contributed by atoms with E-state index in [2.05, 4.69) is 10.3 Å². The maximum atomic E-state index is 13.9. The molecule has 0 aliphatic rings.